The number of fused-ring (bicyclic) bond motifs is 5. The van der Waals surface area contributed by atoms with Crippen molar-refractivity contribution in [3.63, 3.8) is 0 Å². The fourth-order valence-corrected chi connectivity index (χ4v) is 3.92. The van der Waals surface area contributed by atoms with Gasteiger partial charge in [-0.2, -0.15) is 13.2 Å². The summed E-state index contributed by atoms with van der Waals surface area (Å²) in [5.74, 6) is -0.239. The largest absolute Gasteiger partial charge is 0.433 e. The van der Waals surface area contributed by atoms with Crippen LogP contribution in [0, 0.1) is 5.41 Å². The molecule has 0 aromatic carbocycles. The van der Waals surface area contributed by atoms with Crippen LogP contribution >= 0.6 is 0 Å². The molecule has 0 aliphatic heterocycles. The standard InChI is InChI=1S/C13H16F3N3/c1-11(2)6-4-5-12(11,3)7-8(6)18-10(17)19-9(7)13(14,15)16/h6H,4-5H2,1-3H3,(H2,17,18,19)/t6-,12-/m1/s1. The second kappa shape index (κ2) is 3.22. The molecule has 0 saturated heterocycles. The maximum Gasteiger partial charge on any atom is 0.433 e. The Kier molecular flexibility index (Phi) is 2.15. The van der Waals surface area contributed by atoms with Gasteiger partial charge in [-0.15, -0.1) is 0 Å². The van der Waals surface area contributed by atoms with Crippen molar-refractivity contribution in [3.05, 3.63) is 17.0 Å². The van der Waals surface area contributed by atoms with Crippen LogP contribution in [-0.4, -0.2) is 9.97 Å². The molecule has 2 bridgehead atoms. The van der Waals surface area contributed by atoms with E-state index in [4.69, 9.17) is 5.73 Å². The van der Waals surface area contributed by atoms with Crippen LogP contribution in [-0.2, 0) is 11.6 Å². The van der Waals surface area contributed by atoms with E-state index in [9.17, 15) is 13.2 Å². The zero-order chi connectivity index (χ0) is 14.2. The molecule has 2 atom stereocenters. The number of nitrogen functional groups attached to an aromatic ring is 1. The van der Waals surface area contributed by atoms with Crippen LogP contribution in [0.25, 0.3) is 0 Å². The minimum absolute atomic E-state index is 0.0406. The topological polar surface area (TPSA) is 51.8 Å². The number of aromatic nitrogens is 2. The van der Waals surface area contributed by atoms with Crippen molar-refractivity contribution in [1.82, 2.24) is 9.97 Å². The van der Waals surface area contributed by atoms with Gasteiger partial charge in [0.2, 0.25) is 5.95 Å². The molecular weight excluding hydrogens is 255 g/mol. The van der Waals surface area contributed by atoms with Crippen molar-refractivity contribution < 1.29 is 13.2 Å². The molecule has 2 N–H and O–H groups in total. The van der Waals surface area contributed by atoms with E-state index in [1.165, 1.54) is 0 Å². The van der Waals surface area contributed by atoms with Crippen molar-refractivity contribution in [2.24, 2.45) is 5.41 Å². The second-order valence-corrected chi connectivity index (χ2v) is 6.33. The van der Waals surface area contributed by atoms with Gasteiger partial charge in [0, 0.05) is 16.9 Å². The highest BCUT2D eigenvalue weighted by Gasteiger charge is 2.63. The van der Waals surface area contributed by atoms with Gasteiger partial charge < -0.3 is 5.73 Å². The monoisotopic (exact) mass is 271 g/mol. The highest BCUT2D eigenvalue weighted by molar-refractivity contribution is 5.50. The molecule has 0 radical (unpaired) electrons. The van der Waals surface area contributed by atoms with Gasteiger partial charge in [-0.05, 0) is 18.3 Å². The highest BCUT2D eigenvalue weighted by Crippen LogP contribution is 2.68. The van der Waals surface area contributed by atoms with Crippen LogP contribution < -0.4 is 5.73 Å². The molecule has 3 rings (SSSR count). The summed E-state index contributed by atoms with van der Waals surface area (Å²) in [6.07, 6.45) is -2.87. The van der Waals surface area contributed by atoms with Crippen LogP contribution in [0.2, 0.25) is 0 Å². The van der Waals surface area contributed by atoms with Crippen molar-refractivity contribution in [2.75, 3.05) is 5.73 Å². The van der Waals surface area contributed by atoms with Gasteiger partial charge in [0.25, 0.3) is 0 Å². The summed E-state index contributed by atoms with van der Waals surface area (Å²) in [6, 6.07) is 0. The molecular formula is C13H16F3N3. The number of alkyl halides is 3. The number of halogens is 3. The van der Waals surface area contributed by atoms with E-state index >= 15 is 0 Å². The van der Waals surface area contributed by atoms with E-state index in [1.807, 2.05) is 20.8 Å². The second-order valence-electron chi connectivity index (χ2n) is 6.33. The molecule has 3 nitrogen and oxygen atoms in total. The van der Waals surface area contributed by atoms with E-state index < -0.39 is 17.3 Å². The Balaban J connectivity index is 2.35. The lowest BCUT2D eigenvalue weighted by Crippen LogP contribution is -2.33. The third-order valence-electron chi connectivity index (χ3n) is 5.33. The van der Waals surface area contributed by atoms with E-state index in [0.29, 0.717) is 5.69 Å². The SMILES string of the molecule is CC1(C)[C@@H]2CC[C@]1(C)c1c2nc(N)nc1C(F)(F)F. The number of nitrogens with two attached hydrogens (primary N) is 1. The Morgan fingerprint density at radius 1 is 1.21 bits per heavy atom. The molecule has 2 aliphatic rings. The van der Waals surface area contributed by atoms with Gasteiger partial charge in [0.15, 0.2) is 5.69 Å². The minimum atomic E-state index is -4.48. The molecule has 104 valence electrons. The summed E-state index contributed by atoms with van der Waals surface area (Å²) >= 11 is 0. The van der Waals surface area contributed by atoms with Crippen LogP contribution in [0.15, 0.2) is 0 Å². The van der Waals surface area contributed by atoms with Gasteiger partial charge in [-0.3, -0.25) is 0 Å². The van der Waals surface area contributed by atoms with Crippen molar-refractivity contribution in [3.8, 4) is 0 Å². The summed E-state index contributed by atoms with van der Waals surface area (Å²) in [5, 5.41) is 0. The van der Waals surface area contributed by atoms with Gasteiger partial charge in [0.1, 0.15) is 0 Å². The maximum atomic E-state index is 13.2. The first-order chi connectivity index (χ1) is 8.59. The Bertz CT molecular complexity index is 565. The smallest absolute Gasteiger partial charge is 0.368 e. The molecule has 2 aliphatic carbocycles. The van der Waals surface area contributed by atoms with Crippen molar-refractivity contribution in [1.29, 1.82) is 0 Å². The molecule has 1 aromatic heterocycles. The summed E-state index contributed by atoms with van der Waals surface area (Å²) in [5.41, 5.74) is 4.66. The first kappa shape index (κ1) is 12.7. The van der Waals surface area contributed by atoms with Crippen LogP contribution in [0.1, 0.15) is 56.5 Å². The molecule has 0 spiro atoms. The molecule has 1 heterocycles. The lowest BCUT2D eigenvalue weighted by molar-refractivity contribution is -0.142. The molecule has 6 heteroatoms. The normalized spacial score (nSPS) is 31.6. The van der Waals surface area contributed by atoms with E-state index in [0.717, 1.165) is 12.8 Å². The van der Waals surface area contributed by atoms with Crippen LogP contribution in [0.4, 0.5) is 19.1 Å². The molecule has 0 unspecified atom stereocenters. The number of anilines is 1. The molecule has 1 aromatic rings. The average molecular weight is 271 g/mol. The number of hydrogen-bond donors (Lipinski definition) is 1. The van der Waals surface area contributed by atoms with E-state index in [2.05, 4.69) is 9.97 Å². The summed E-state index contributed by atoms with van der Waals surface area (Å²) in [4.78, 5) is 7.61. The number of rotatable bonds is 0. The Morgan fingerprint density at radius 3 is 2.42 bits per heavy atom. The lowest BCUT2D eigenvalue weighted by atomic mass is 9.68. The quantitative estimate of drug-likeness (QED) is 0.788. The molecule has 1 saturated carbocycles. The Morgan fingerprint density at radius 2 is 1.84 bits per heavy atom. The summed E-state index contributed by atoms with van der Waals surface area (Å²) in [7, 11) is 0. The fraction of sp³-hybridized carbons (Fsp3) is 0.692. The first-order valence-electron chi connectivity index (χ1n) is 6.34. The van der Waals surface area contributed by atoms with Gasteiger partial charge in [0.05, 0.1) is 5.69 Å². The molecule has 19 heavy (non-hydrogen) atoms. The summed E-state index contributed by atoms with van der Waals surface area (Å²) in [6.45, 7) is 5.93. The third-order valence-corrected chi connectivity index (χ3v) is 5.33. The molecule has 1 fully saturated rings. The predicted molar refractivity (Wildman–Crippen MR) is 64.6 cm³/mol. The summed E-state index contributed by atoms with van der Waals surface area (Å²) < 4.78 is 39.7. The van der Waals surface area contributed by atoms with Gasteiger partial charge >= 0.3 is 6.18 Å². The van der Waals surface area contributed by atoms with Crippen molar-refractivity contribution in [2.45, 2.75) is 51.1 Å². The maximum absolute atomic E-state index is 13.2. The van der Waals surface area contributed by atoms with Gasteiger partial charge in [-0.25, -0.2) is 9.97 Å². The fourth-order valence-electron chi connectivity index (χ4n) is 3.92. The zero-order valence-corrected chi connectivity index (χ0v) is 11.1. The zero-order valence-electron chi connectivity index (χ0n) is 11.1. The third kappa shape index (κ3) is 1.34. The lowest BCUT2D eigenvalue weighted by Gasteiger charge is -2.35. The highest BCUT2D eigenvalue weighted by atomic mass is 19.4. The predicted octanol–water partition coefficient (Wildman–Crippen LogP) is 3.25. The van der Waals surface area contributed by atoms with E-state index in [1.54, 1.807) is 0 Å². The Hall–Kier alpha value is -1.33. The van der Waals surface area contributed by atoms with Crippen LogP contribution in [0.5, 0.6) is 0 Å². The number of hydrogen-bond acceptors (Lipinski definition) is 3. The first-order valence-corrected chi connectivity index (χ1v) is 6.34. The Labute approximate surface area is 109 Å². The van der Waals surface area contributed by atoms with Gasteiger partial charge in [-0.1, -0.05) is 20.8 Å². The number of nitrogens with zero attached hydrogens (tertiary/aromatic N) is 2. The molecule has 0 amide bonds. The minimum Gasteiger partial charge on any atom is -0.368 e. The van der Waals surface area contributed by atoms with Crippen molar-refractivity contribution >= 4 is 5.95 Å². The average Bonchev–Trinajstić information content (AvgIpc) is 2.56. The van der Waals surface area contributed by atoms with E-state index in [-0.39, 0.29) is 22.8 Å². The van der Waals surface area contributed by atoms with Crippen LogP contribution in [0.3, 0.4) is 0 Å².